The molecule has 2 bridgehead atoms. The number of hydrogen-bond acceptors (Lipinski definition) is 3. The molecule has 3 fully saturated rings. The SMILES string of the molecule is Cc1cc(S(=O)(=O)N[C@H]2C[C@@H]3CC[C@@H]2C3)ccc1N1CCCC1=O. The van der Waals surface area contributed by atoms with Gasteiger partial charge in [-0.2, -0.15) is 0 Å². The number of hydrogen-bond donors (Lipinski definition) is 1. The summed E-state index contributed by atoms with van der Waals surface area (Å²) in [7, 11) is -3.50. The lowest BCUT2D eigenvalue weighted by Crippen LogP contribution is -2.38. The van der Waals surface area contributed by atoms with Crippen LogP contribution in [0.5, 0.6) is 0 Å². The minimum atomic E-state index is -3.50. The van der Waals surface area contributed by atoms with Gasteiger partial charge >= 0.3 is 0 Å². The number of amides is 1. The molecule has 0 unspecified atom stereocenters. The van der Waals surface area contributed by atoms with Crippen molar-refractivity contribution in [1.82, 2.24) is 4.72 Å². The van der Waals surface area contributed by atoms with Crippen molar-refractivity contribution in [3.05, 3.63) is 23.8 Å². The summed E-state index contributed by atoms with van der Waals surface area (Å²) in [4.78, 5) is 14.0. The van der Waals surface area contributed by atoms with E-state index in [1.54, 1.807) is 23.1 Å². The number of carbonyl (C=O) groups excluding carboxylic acids is 1. The van der Waals surface area contributed by atoms with Gasteiger partial charge in [-0.1, -0.05) is 6.42 Å². The van der Waals surface area contributed by atoms with Gasteiger partial charge in [0.15, 0.2) is 0 Å². The van der Waals surface area contributed by atoms with Gasteiger partial charge in [0.2, 0.25) is 15.9 Å². The third kappa shape index (κ3) is 2.75. The molecular formula is C18H24N2O3S. The van der Waals surface area contributed by atoms with Crippen molar-refractivity contribution < 1.29 is 13.2 Å². The van der Waals surface area contributed by atoms with Gasteiger partial charge in [-0.05, 0) is 68.2 Å². The highest BCUT2D eigenvalue weighted by molar-refractivity contribution is 7.89. The van der Waals surface area contributed by atoms with E-state index in [0.717, 1.165) is 37.1 Å². The van der Waals surface area contributed by atoms with Crippen molar-refractivity contribution >= 4 is 21.6 Å². The van der Waals surface area contributed by atoms with E-state index in [1.165, 1.54) is 12.8 Å². The van der Waals surface area contributed by atoms with E-state index < -0.39 is 10.0 Å². The Bertz CT molecular complexity index is 774. The van der Waals surface area contributed by atoms with Crippen molar-refractivity contribution in [1.29, 1.82) is 0 Å². The molecule has 1 aromatic carbocycles. The molecule has 3 aliphatic rings. The van der Waals surface area contributed by atoms with Crippen LogP contribution in [0.2, 0.25) is 0 Å². The molecule has 3 atom stereocenters. The molecule has 24 heavy (non-hydrogen) atoms. The summed E-state index contributed by atoms with van der Waals surface area (Å²) in [5.74, 6) is 1.33. The second kappa shape index (κ2) is 5.85. The second-order valence-electron chi connectivity index (χ2n) is 7.50. The summed E-state index contributed by atoms with van der Waals surface area (Å²) in [5.41, 5.74) is 1.66. The average Bonchev–Trinajstić information content (AvgIpc) is 3.24. The van der Waals surface area contributed by atoms with E-state index in [1.807, 2.05) is 6.92 Å². The fourth-order valence-corrected chi connectivity index (χ4v) is 6.06. The predicted octanol–water partition coefficient (Wildman–Crippen LogP) is 2.59. The molecule has 1 saturated heterocycles. The molecule has 4 rings (SSSR count). The number of aryl methyl sites for hydroxylation is 1. The molecule has 1 aromatic rings. The van der Waals surface area contributed by atoms with Gasteiger partial charge in [-0.15, -0.1) is 0 Å². The summed E-state index contributed by atoms with van der Waals surface area (Å²) >= 11 is 0. The predicted molar refractivity (Wildman–Crippen MR) is 92.3 cm³/mol. The first-order chi connectivity index (χ1) is 11.4. The van der Waals surface area contributed by atoms with Gasteiger partial charge in [0.1, 0.15) is 0 Å². The summed E-state index contributed by atoms with van der Waals surface area (Å²) in [6, 6.07) is 5.18. The van der Waals surface area contributed by atoms with Crippen LogP contribution in [0.25, 0.3) is 0 Å². The average molecular weight is 348 g/mol. The van der Waals surface area contributed by atoms with Crippen LogP contribution < -0.4 is 9.62 Å². The van der Waals surface area contributed by atoms with Crippen molar-refractivity contribution in [2.45, 2.75) is 56.4 Å². The largest absolute Gasteiger partial charge is 0.312 e. The molecule has 0 radical (unpaired) electrons. The zero-order chi connectivity index (χ0) is 16.9. The van der Waals surface area contributed by atoms with E-state index in [2.05, 4.69) is 4.72 Å². The summed E-state index contributed by atoms with van der Waals surface area (Å²) < 4.78 is 28.4. The smallest absolute Gasteiger partial charge is 0.240 e. The van der Waals surface area contributed by atoms with E-state index >= 15 is 0 Å². The molecular weight excluding hydrogens is 324 g/mol. The molecule has 2 saturated carbocycles. The Morgan fingerprint density at radius 3 is 2.62 bits per heavy atom. The molecule has 130 valence electrons. The highest BCUT2D eigenvalue weighted by atomic mass is 32.2. The maximum Gasteiger partial charge on any atom is 0.240 e. The quantitative estimate of drug-likeness (QED) is 0.909. The minimum absolute atomic E-state index is 0.0916. The monoisotopic (exact) mass is 348 g/mol. The maximum atomic E-state index is 12.7. The molecule has 5 nitrogen and oxygen atoms in total. The lowest BCUT2D eigenvalue weighted by atomic mass is 9.96. The van der Waals surface area contributed by atoms with Gasteiger partial charge < -0.3 is 4.90 Å². The molecule has 1 N–H and O–H groups in total. The maximum absolute atomic E-state index is 12.7. The summed E-state index contributed by atoms with van der Waals surface area (Å²) in [6.07, 6.45) is 5.98. The first-order valence-electron chi connectivity index (χ1n) is 8.87. The van der Waals surface area contributed by atoms with Gasteiger partial charge in [0.25, 0.3) is 0 Å². The molecule has 2 aliphatic carbocycles. The Hall–Kier alpha value is -1.40. The van der Waals surface area contributed by atoms with Gasteiger partial charge in [-0.25, -0.2) is 13.1 Å². The van der Waals surface area contributed by atoms with Crippen molar-refractivity contribution in [2.24, 2.45) is 11.8 Å². The molecule has 1 heterocycles. The van der Waals surface area contributed by atoms with E-state index in [-0.39, 0.29) is 11.9 Å². The fourth-order valence-electron chi connectivity index (χ4n) is 4.66. The van der Waals surface area contributed by atoms with Gasteiger partial charge in [0, 0.05) is 24.7 Å². The number of fused-ring (bicyclic) bond motifs is 2. The Morgan fingerprint density at radius 1 is 1.21 bits per heavy atom. The normalized spacial score (nSPS) is 29.6. The van der Waals surface area contributed by atoms with Gasteiger partial charge in [-0.3, -0.25) is 4.79 Å². The molecule has 0 aromatic heterocycles. The van der Waals surface area contributed by atoms with Crippen LogP contribution >= 0.6 is 0 Å². The first-order valence-corrected chi connectivity index (χ1v) is 10.4. The fraction of sp³-hybridized carbons (Fsp3) is 0.611. The van der Waals surface area contributed by atoms with Crippen LogP contribution in [-0.4, -0.2) is 26.9 Å². The highest BCUT2D eigenvalue weighted by Crippen LogP contribution is 2.44. The van der Waals surface area contributed by atoms with Crippen molar-refractivity contribution in [2.75, 3.05) is 11.4 Å². The number of anilines is 1. The second-order valence-corrected chi connectivity index (χ2v) is 9.21. The molecule has 6 heteroatoms. The van der Waals surface area contributed by atoms with Crippen LogP contribution in [-0.2, 0) is 14.8 Å². The van der Waals surface area contributed by atoms with E-state index in [0.29, 0.717) is 23.2 Å². The third-order valence-electron chi connectivity index (χ3n) is 5.89. The number of sulfonamides is 1. The zero-order valence-corrected chi connectivity index (χ0v) is 14.8. The molecule has 1 aliphatic heterocycles. The number of nitrogens with zero attached hydrogens (tertiary/aromatic N) is 1. The molecule has 0 spiro atoms. The Labute approximate surface area is 143 Å². The van der Waals surface area contributed by atoms with E-state index in [9.17, 15) is 13.2 Å². The Balaban J connectivity index is 1.55. The summed E-state index contributed by atoms with van der Waals surface area (Å²) in [5, 5.41) is 0. The van der Waals surface area contributed by atoms with Crippen LogP contribution in [0.1, 0.15) is 44.1 Å². The zero-order valence-electron chi connectivity index (χ0n) is 14.0. The lowest BCUT2D eigenvalue weighted by Gasteiger charge is -2.23. The molecule has 1 amide bonds. The van der Waals surface area contributed by atoms with Gasteiger partial charge in [0.05, 0.1) is 4.90 Å². The van der Waals surface area contributed by atoms with Crippen molar-refractivity contribution in [3.8, 4) is 0 Å². The Morgan fingerprint density at radius 2 is 2.04 bits per heavy atom. The number of benzene rings is 1. The minimum Gasteiger partial charge on any atom is -0.312 e. The number of nitrogens with one attached hydrogen (secondary N) is 1. The highest BCUT2D eigenvalue weighted by Gasteiger charge is 2.41. The lowest BCUT2D eigenvalue weighted by molar-refractivity contribution is -0.117. The van der Waals surface area contributed by atoms with Crippen LogP contribution in [0.15, 0.2) is 23.1 Å². The van der Waals surface area contributed by atoms with Crippen LogP contribution in [0.3, 0.4) is 0 Å². The first kappa shape index (κ1) is 16.1. The van der Waals surface area contributed by atoms with E-state index in [4.69, 9.17) is 0 Å². The number of carbonyl (C=O) groups is 1. The Kier molecular flexibility index (Phi) is 3.92. The van der Waals surface area contributed by atoms with Crippen LogP contribution in [0, 0.1) is 18.8 Å². The topological polar surface area (TPSA) is 66.5 Å². The van der Waals surface area contributed by atoms with Crippen molar-refractivity contribution in [3.63, 3.8) is 0 Å². The standard InChI is InChI=1S/C18H24N2O3S/c1-12-9-15(6-7-17(12)20-8-2-3-18(20)21)24(22,23)19-16-11-13-4-5-14(16)10-13/h6-7,9,13-14,16,19H,2-5,8,10-11H2,1H3/t13-,14-,16+/m1/s1. The van der Waals surface area contributed by atoms with Crippen LogP contribution in [0.4, 0.5) is 5.69 Å². The summed E-state index contributed by atoms with van der Waals surface area (Å²) in [6.45, 7) is 2.59. The number of rotatable bonds is 4. The third-order valence-corrected chi connectivity index (χ3v) is 7.37.